The van der Waals surface area contributed by atoms with E-state index in [4.69, 9.17) is 4.74 Å². The molecular weight excluding hydrogens is 332 g/mol. The summed E-state index contributed by atoms with van der Waals surface area (Å²) >= 11 is 1.74. The van der Waals surface area contributed by atoms with Crippen LogP contribution in [0.1, 0.15) is 36.2 Å². The maximum atomic E-state index is 5.78. The summed E-state index contributed by atoms with van der Waals surface area (Å²) in [6.45, 7) is 8.54. The average molecular weight is 361 g/mol. The van der Waals surface area contributed by atoms with Gasteiger partial charge in [0, 0.05) is 24.7 Å². The normalized spacial score (nSPS) is 11.6. The van der Waals surface area contributed by atoms with Crippen molar-refractivity contribution in [2.75, 3.05) is 13.7 Å². The minimum Gasteiger partial charge on any atom is -0.493 e. The fourth-order valence-corrected chi connectivity index (χ4v) is 2.97. The summed E-state index contributed by atoms with van der Waals surface area (Å²) in [5.41, 5.74) is 1.16. The molecule has 2 rings (SSSR count). The highest BCUT2D eigenvalue weighted by molar-refractivity contribution is 7.11. The van der Waals surface area contributed by atoms with Crippen LogP contribution in [0.15, 0.2) is 35.5 Å². The lowest BCUT2D eigenvalue weighted by Crippen LogP contribution is -2.36. The number of hydrogen-bond donors (Lipinski definition) is 2. The predicted octanol–water partition coefficient (Wildman–Crippen LogP) is 3.61. The van der Waals surface area contributed by atoms with Gasteiger partial charge in [-0.25, -0.2) is 4.98 Å². The molecule has 0 aliphatic heterocycles. The highest BCUT2D eigenvalue weighted by atomic mass is 32.1. The molecule has 1 aromatic heterocycles. The molecule has 0 unspecified atom stereocenters. The van der Waals surface area contributed by atoms with Crippen molar-refractivity contribution in [2.24, 2.45) is 10.9 Å². The minimum atomic E-state index is 0.517. The van der Waals surface area contributed by atoms with Gasteiger partial charge in [-0.3, -0.25) is 4.99 Å². The second-order valence-corrected chi connectivity index (χ2v) is 7.41. The standard InChI is InChI=1S/C19H28N4OS/c1-5-17-11-21-18(25-17)12-23-19(20-4)22-10-15-7-6-8-16(9-15)24-13-14(2)3/h6-9,11,14H,5,10,12-13H2,1-4H3,(H2,20,22,23). The van der Waals surface area contributed by atoms with Crippen LogP contribution in [0.2, 0.25) is 0 Å². The highest BCUT2D eigenvalue weighted by Crippen LogP contribution is 2.14. The monoisotopic (exact) mass is 360 g/mol. The third-order valence-corrected chi connectivity index (χ3v) is 4.66. The van der Waals surface area contributed by atoms with Crippen LogP contribution >= 0.6 is 11.3 Å². The summed E-state index contributed by atoms with van der Waals surface area (Å²) in [6, 6.07) is 8.16. The SMILES string of the molecule is CCc1cnc(CNC(=NC)NCc2cccc(OCC(C)C)c2)s1. The molecular formula is C19H28N4OS. The molecule has 136 valence electrons. The van der Waals surface area contributed by atoms with Gasteiger partial charge in [-0.05, 0) is 30.0 Å². The van der Waals surface area contributed by atoms with Crippen LogP contribution < -0.4 is 15.4 Å². The quantitative estimate of drug-likeness (QED) is 0.558. The fraction of sp³-hybridized carbons (Fsp3) is 0.474. The van der Waals surface area contributed by atoms with Gasteiger partial charge in [0.05, 0.1) is 13.2 Å². The van der Waals surface area contributed by atoms with Gasteiger partial charge in [0.1, 0.15) is 10.8 Å². The molecule has 0 aliphatic rings. The van der Waals surface area contributed by atoms with Crippen LogP contribution in [0.4, 0.5) is 0 Å². The molecule has 5 nitrogen and oxygen atoms in total. The number of nitrogens with zero attached hydrogens (tertiary/aromatic N) is 2. The summed E-state index contributed by atoms with van der Waals surface area (Å²) in [7, 11) is 1.77. The zero-order chi connectivity index (χ0) is 18.1. The lowest BCUT2D eigenvalue weighted by molar-refractivity contribution is 0.271. The maximum Gasteiger partial charge on any atom is 0.191 e. The summed E-state index contributed by atoms with van der Waals surface area (Å²) in [5, 5.41) is 7.71. The number of nitrogens with one attached hydrogen (secondary N) is 2. The number of aromatic nitrogens is 1. The Bertz CT molecular complexity index is 682. The lowest BCUT2D eigenvalue weighted by atomic mass is 10.2. The second kappa shape index (κ2) is 10.0. The summed E-state index contributed by atoms with van der Waals surface area (Å²) < 4.78 is 5.78. The van der Waals surface area contributed by atoms with Crippen molar-refractivity contribution in [3.05, 3.63) is 45.9 Å². The first kappa shape index (κ1) is 19.2. The van der Waals surface area contributed by atoms with Gasteiger partial charge in [0.2, 0.25) is 0 Å². The number of ether oxygens (including phenoxy) is 1. The van der Waals surface area contributed by atoms with Crippen LogP contribution in [0.25, 0.3) is 0 Å². The van der Waals surface area contributed by atoms with E-state index in [0.717, 1.165) is 35.3 Å². The first-order chi connectivity index (χ1) is 12.1. The number of hydrogen-bond acceptors (Lipinski definition) is 4. The fourth-order valence-electron chi connectivity index (χ4n) is 2.17. The third-order valence-electron chi connectivity index (χ3n) is 3.52. The van der Waals surface area contributed by atoms with Gasteiger partial charge in [0.15, 0.2) is 5.96 Å². The molecule has 0 spiro atoms. The molecule has 0 atom stereocenters. The van der Waals surface area contributed by atoms with Crippen LogP contribution in [0.3, 0.4) is 0 Å². The van der Waals surface area contributed by atoms with Crippen molar-refractivity contribution in [3.8, 4) is 5.75 Å². The first-order valence-electron chi connectivity index (χ1n) is 8.70. The molecule has 0 saturated carbocycles. The van der Waals surface area contributed by atoms with Gasteiger partial charge in [-0.15, -0.1) is 11.3 Å². The Morgan fingerprint density at radius 3 is 2.76 bits per heavy atom. The van der Waals surface area contributed by atoms with Gasteiger partial charge in [0.25, 0.3) is 0 Å². The predicted molar refractivity (Wildman–Crippen MR) is 105 cm³/mol. The Balaban J connectivity index is 1.82. The van der Waals surface area contributed by atoms with E-state index in [1.54, 1.807) is 18.4 Å². The van der Waals surface area contributed by atoms with Crippen molar-refractivity contribution in [3.63, 3.8) is 0 Å². The van der Waals surface area contributed by atoms with Crippen LogP contribution in [-0.4, -0.2) is 24.6 Å². The molecule has 0 radical (unpaired) electrons. The molecule has 0 bridgehead atoms. The smallest absolute Gasteiger partial charge is 0.191 e. The van der Waals surface area contributed by atoms with E-state index in [1.807, 2.05) is 18.3 Å². The molecule has 6 heteroatoms. The zero-order valence-electron chi connectivity index (χ0n) is 15.5. The van der Waals surface area contributed by atoms with Gasteiger partial charge >= 0.3 is 0 Å². The number of rotatable bonds is 8. The van der Waals surface area contributed by atoms with Crippen molar-refractivity contribution in [1.29, 1.82) is 0 Å². The van der Waals surface area contributed by atoms with Gasteiger partial charge < -0.3 is 15.4 Å². The topological polar surface area (TPSA) is 58.5 Å². The molecule has 2 aromatic rings. The van der Waals surface area contributed by atoms with E-state index in [1.165, 1.54) is 4.88 Å². The molecule has 0 aliphatic carbocycles. The molecule has 0 saturated heterocycles. The number of aliphatic imine (C=N–C) groups is 1. The van der Waals surface area contributed by atoms with E-state index >= 15 is 0 Å². The van der Waals surface area contributed by atoms with E-state index in [0.29, 0.717) is 19.0 Å². The summed E-state index contributed by atoms with van der Waals surface area (Å²) in [6.07, 6.45) is 2.97. The largest absolute Gasteiger partial charge is 0.493 e. The lowest BCUT2D eigenvalue weighted by Gasteiger charge is -2.13. The van der Waals surface area contributed by atoms with E-state index < -0.39 is 0 Å². The Kier molecular flexibility index (Phi) is 7.73. The van der Waals surface area contributed by atoms with Crippen molar-refractivity contribution in [1.82, 2.24) is 15.6 Å². The molecule has 1 aromatic carbocycles. The van der Waals surface area contributed by atoms with Gasteiger partial charge in [-0.1, -0.05) is 32.9 Å². The Morgan fingerprint density at radius 1 is 1.28 bits per heavy atom. The van der Waals surface area contributed by atoms with E-state index in [-0.39, 0.29) is 0 Å². The maximum absolute atomic E-state index is 5.78. The molecule has 1 heterocycles. The number of aryl methyl sites for hydroxylation is 1. The molecule has 2 N–H and O–H groups in total. The average Bonchev–Trinajstić information content (AvgIpc) is 3.08. The van der Waals surface area contributed by atoms with Crippen molar-refractivity contribution < 1.29 is 4.74 Å². The molecule has 0 fully saturated rings. The molecule has 25 heavy (non-hydrogen) atoms. The van der Waals surface area contributed by atoms with Gasteiger partial charge in [-0.2, -0.15) is 0 Å². The number of benzene rings is 1. The van der Waals surface area contributed by atoms with E-state index in [2.05, 4.69) is 53.5 Å². The Hall–Kier alpha value is -2.08. The zero-order valence-corrected chi connectivity index (χ0v) is 16.3. The number of guanidine groups is 1. The Labute approximate surface area is 154 Å². The minimum absolute atomic E-state index is 0.517. The second-order valence-electron chi connectivity index (χ2n) is 6.21. The Morgan fingerprint density at radius 2 is 2.08 bits per heavy atom. The first-order valence-corrected chi connectivity index (χ1v) is 9.52. The van der Waals surface area contributed by atoms with Crippen molar-refractivity contribution in [2.45, 2.75) is 40.3 Å². The summed E-state index contributed by atoms with van der Waals surface area (Å²) in [4.78, 5) is 9.99. The van der Waals surface area contributed by atoms with Crippen LogP contribution in [0.5, 0.6) is 5.75 Å². The van der Waals surface area contributed by atoms with Crippen molar-refractivity contribution >= 4 is 17.3 Å². The van der Waals surface area contributed by atoms with Crippen LogP contribution in [0, 0.1) is 5.92 Å². The third kappa shape index (κ3) is 6.74. The van der Waals surface area contributed by atoms with Crippen LogP contribution in [-0.2, 0) is 19.5 Å². The number of thiazole rings is 1. The molecule has 0 amide bonds. The highest BCUT2D eigenvalue weighted by Gasteiger charge is 2.04. The van der Waals surface area contributed by atoms with E-state index in [9.17, 15) is 0 Å². The summed E-state index contributed by atoms with van der Waals surface area (Å²) in [5.74, 6) is 2.19.